The van der Waals surface area contributed by atoms with Crippen molar-refractivity contribution in [2.24, 2.45) is 0 Å². The number of hydrogen-bond acceptors (Lipinski definition) is 5. The Morgan fingerprint density at radius 1 is 1.10 bits per heavy atom. The number of anilines is 2. The third-order valence-electron chi connectivity index (χ3n) is 4.32. The van der Waals surface area contributed by atoms with Crippen molar-refractivity contribution in [1.82, 2.24) is 19.6 Å². The van der Waals surface area contributed by atoms with Gasteiger partial charge in [-0.25, -0.2) is 4.40 Å². The molecule has 0 fully saturated rings. The molecule has 4 aromatic rings. The van der Waals surface area contributed by atoms with E-state index in [2.05, 4.69) is 27.0 Å². The minimum absolute atomic E-state index is 0.220. The van der Waals surface area contributed by atoms with Gasteiger partial charge >= 0.3 is 0 Å². The second kappa shape index (κ2) is 7.20. The summed E-state index contributed by atoms with van der Waals surface area (Å²) < 4.78 is 1.66. The predicted molar refractivity (Wildman–Crippen MR) is 116 cm³/mol. The fraction of sp³-hybridized carbons (Fsp3) is 0.190. The molecule has 0 aliphatic rings. The molecule has 2 aromatic heterocycles. The van der Waals surface area contributed by atoms with Crippen molar-refractivity contribution in [3.8, 4) is 11.8 Å². The molecule has 1 N–H and O–H groups in total. The highest BCUT2D eigenvalue weighted by molar-refractivity contribution is 6.31. The molecule has 0 bridgehead atoms. The third-order valence-corrected chi connectivity index (χ3v) is 4.80. The molecule has 0 saturated carbocycles. The maximum atomic E-state index is 9.85. The lowest BCUT2D eigenvalue weighted by Crippen LogP contribution is -2.14. The van der Waals surface area contributed by atoms with Crippen molar-refractivity contribution in [2.75, 3.05) is 11.9 Å². The molecule has 0 atom stereocenters. The van der Waals surface area contributed by atoms with Gasteiger partial charge in [0, 0.05) is 28.7 Å². The highest BCUT2D eigenvalue weighted by Crippen LogP contribution is 2.32. The van der Waals surface area contributed by atoms with Gasteiger partial charge in [0.05, 0.1) is 5.52 Å². The topological polar surface area (TPSA) is 66.5 Å². The van der Waals surface area contributed by atoms with Crippen molar-refractivity contribution in [2.45, 2.75) is 19.4 Å². The Kier molecular flexibility index (Phi) is 4.83. The fourth-order valence-electron chi connectivity index (χ4n) is 2.97. The highest BCUT2D eigenvalue weighted by atomic mass is 35.5. The highest BCUT2D eigenvalue weighted by Gasteiger charge is 2.17. The molecule has 0 aliphatic carbocycles. The molecule has 6 nitrogen and oxygen atoms in total. The van der Waals surface area contributed by atoms with E-state index in [1.165, 1.54) is 0 Å². The number of benzene rings is 2. The number of fused-ring (bicyclic) bond motifs is 3. The first-order valence-electron chi connectivity index (χ1n) is 8.82. The molecule has 2 aromatic carbocycles. The van der Waals surface area contributed by atoms with Crippen LogP contribution < -0.4 is 4.90 Å². The Balaban J connectivity index is 1.87. The number of hydrogen-bond donors (Lipinski definition) is 1. The molecule has 0 aliphatic heterocycles. The van der Waals surface area contributed by atoms with Crippen molar-refractivity contribution < 1.29 is 5.11 Å². The number of aromatic nitrogens is 4. The minimum Gasteiger partial charge on any atom is -0.378 e. The lowest BCUT2D eigenvalue weighted by atomic mass is 10.1. The summed E-state index contributed by atoms with van der Waals surface area (Å²) in [5.41, 5.74) is 1.37. The third kappa shape index (κ3) is 3.85. The van der Waals surface area contributed by atoms with Crippen molar-refractivity contribution in [1.29, 1.82) is 0 Å². The molecule has 0 radical (unpaired) electrons. The van der Waals surface area contributed by atoms with E-state index < -0.39 is 5.60 Å². The molecular weight excluding hydrogens is 409 g/mol. The molecule has 0 spiro atoms. The summed E-state index contributed by atoms with van der Waals surface area (Å²) in [6, 6.07) is 13.2. The average Bonchev–Trinajstić information content (AvgIpc) is 3.06. The van der Waals surface area contributed by atoms with Gasteiger partial charge in [-0.05, 0) is 61.8 Å². The standard InChI is InChI=1S/C21H17Cl2N5O/c1-21(2,29)10-9-13-5-4-6-15(11-13)27(3)18-16-8-7-14(22)12-17(16)28-19(23)25-26-20(28)24-18/h4-8,11-12,29H,1-3H3. The smallest absolute Gasteiger partial charge is 0.258 e. The van der Waals surface area contributed by atoms with Crippen LogP contribution in [0.25, 0.3) is 16.7 Å². The monoisotopic (exact) mass is 425 g/mol. The molecule has 8 heteroatoms. The number of halogens is 2. The van der Waals surface area contributed by atoms with Crippen LogP contribution in [0.4, 0.5) is 11.5 Å². The largest absolute Gasteiger partial charge is 0.378 e. The Bertz CT molecular complexity index is 1300. The van der Waals surface area contributed by atoms with E-state index in [1.807, 2.05) is 48.3 Å². The summed E-state index contributed by atoms with van der Waals surface area (Å²) in [5, 5.41) is 19.5. The van der Waals surface area contributed by atoms with Crippen LogP contribution in [0.1, 0.15) is 19.4 Å². The van der Waals surface area contributed by atoms with Crippen molar-refractivity contribution in [3.63, 3.8) is 0 Å². The molecule has 4 rings (SSSR count). The normalized spacial score (nSPS) is 11.5. The number of rotatable bonds is 2. The van der Waals surface area contributed by atoms with Gasteiger partial charge in [0.2, 0.25) is 5.28 Å². The summed E-state index contributed by atoms with van der Waals surface area (Å²) in [4.78, 5) is 6.60. The first-order valence-corrected chi connectivity index (χ1v) is 9.58. The first kappa shape index (κ1) is 19.5. The average molecular weight is 426 g/mol. The zero-order valence-corrected chi connectivity index (χ0v) is 17.5. The van der Waals surface area contributed by atoms with E-state index in [4.69, 9.17) is 23.2 Å². The number of nitrogens with zero attached hydrogens (tertiary/aromatic N) is 5. The van der Waals surface area contributed by atoms with E-state index in [0.29, 0.717) is 16.6 Å². The lowest BCUT2D eigenvalue weighted by Gasteiger charge is -2.21. The maximum absolute atomic E-state index is 9.85. The van der Waals surface area contributed by atoms with E-state index in [-0.39, 0.29) is 5.28 Å². The molecule has 0 saturated heterocycles. The van der Waals surface area contributed by atoms with Crippen LogP contribution in [0.5, 0.6) is 0 Å². The van der Waals surface area contributed by atoms with Gasteiger partial charge in [-0.1, -0.05) is 29.5 Å². The van der Waals surface area contributed by atoms with Crippen LogP contribution >= 0.6 is 23.2 Å². The zero-order chi connectivity index (χ0) is 20.8. The Morgan fingerprint density at radius 2 is 1.90 bits per heavy atom. The van der Waals surface area contributed by atoms with Gasteiger partial charge in [0.15, 0.2) is 0 Å². The van der Waals surface area contributed by atoms with Gasteiger partial charge in [-0.2, -0.15) is 4.98 Å². The van der Waals surface area contributed by atoms with Crippen molar-refractivity contribution in [3.05, 3.63) is 58.3 Å². The van der Waals surface area contributed by atoms with Crippen LogP contribution in [0.2, 0.25) is 10.3 Å². The molecule has 0 amide bonds. The van der Waals surface area contributed by atoms with Gasteiger partial charge in [0.1, 0.15) is 11.4 Å². The molecular formula is C21H17Cl2N5O. The van der Waals surface area contributed by atoms with E-state index in [1.54, 1.807) is 24.3 Å². The summed E-state index contributed by atoms with van der Waals surface area (Å²) >= 11 is 12.4. The van der Waals surface area contributed by atoms with Crippen LogP contribution in [0.15, 0.2) is 42.5 Å². The lowest BCUT2D eigenvalue weighted by molar-refractivity contribution is 0.143. The Morgan fingerprint density at radius 3 is 2.66 bits per heavy atom. The summed E-state index contributed by atoms with van der Waals surface area (Å²) in [6.07, 6.45) is 0. The number of aliphatic hydroxyl groups is 1. The molecule has 2 heterocycles. The van der Waals surface area contributed by atoms with Crippen molar-refractivity contribution >= 4 is 51.4 Å². The Hall–Kier alpha value is -2.85. The van der Waals surface area contributed by atoms with Gasteiger partial charge in [-0.15, -0.1) is 10.2 Å². The predicted octanol–water partition coefficient (Wildman–Crippen LogP) is 4.47. The second-order valence-electron chi connectivity index (χ2n) is 7.12. The van der Waals surface area contributed by atoms with Crippen LogP contribution in [0.3, 0.4) is 0 Å². The second-order valence-corrected chi connectivity index (χ2v) is 7.89. The van der Waals surface area contributed by atoms with Gasteiger partial charge < -0.3 is 10.0 Å². The van der Waals surface area contributed by atoms with E-state index >= 15 is 0 Å². The molecule has 0 unspecified atom stereocenters. The quantitative estimate of drug-likeness (QED) is 0.479. The fourth-order valence-corrected chi connectivity index (χ4v) is 3.34. The zero-order valence-electron chi connectivity index (χ0n) is 16.0. The van der Waals surface area contributed by atoms with Crippen LogP contribution in [-0.4, -0.2) is 37.3 Å². The summed E-state index contributed by atoms with van der Waals surface area (Å²) in [5.74, 6) is 6.89. The van der Waals surface area contributed by atoms with E-state index in [0.717, 1.165) is 22.2 Å². The SMILES string of the molecule is CN(c1cccc(C#CC(C)(C)O)c1)c1nc2nnc(Cl)n2c2cc(Cl)ccc12. The van der Waals surface area contributed by atoms with Gasteiger partial charge in [0.25, 0.3) is 5.78 Å². The minimum atomic E-state index is -1.06. The Labute approximate surface area is 177 Å². The summed E-state index contributed by atoms with van der Waals surface area (Å²) in [6.45, 7) is 3.30. The molecule has 29 heavy (non-hydrogen) atoms. The summed E-state index contributed by atoms with van der Waals surface area (Å²) in [7, 11) is 1.91. The first-order chi connectivity index (χ1) is 13.7. The van der Waals surface area contributed by atoms with Crippen LogP contribution in [0, 0.1) is 11.8 Å². The molecule has 146 valence electrons. The van der Waals surface area contributed by atoms with Gasteiger partial charge in [-0.3, -0.25) is 0 Å². The van der Waals surface area contributed by atoms with E-state index in [9.17, 15) is 5.11 Å². The van der Waals surface area contributed by atoms with Crippen LogP contribution in [-0.2, 0) is 0 Å². The maximum Gasteiger partial charge on any atom is 0.258 e.